The zero-order chi connectivity index (χ0) is 26.7. The van der Waals surface area contributed by atoms with Crippen molar-refractivity contribution in [2.24, 2.45) is 24.6 Å². The monoisotopic (exact) mass is 529 g/mol. The van der Waals surface area contributed by atoms with Gasteiger partial charge in [0.25, 0.3) is 0 Å². The lowest BCUT2D eigenvalue weighted by atomic mass is 9.90. The summed E-state index contributed by atoms with van der Waals surface area (Å²) in [6, 6.07) is 3.80. The molecule has 0 bridgehead atoms. The number of carbonyl (C=O) groups excluding carboxylic acids is 1. The molecule has 1 fully saturated rings. The lowest BCUT2D eigenvalue weighted by Crippen LogP contribution is -2.51. The van der Waals surface area contributed by atoms with Crippen LogP contribution < -0.4 is 25.6 Å². The Bertz CT molecular complexity index is 1180. The van der Waals surface area contributed by atoms with Gasteiger partial charge in [0.2, 0.25) is 5.88 Å². The molecule has 1 saturated heterocycles. The molecule has 4 heterocycles. The van der Waals surface area contributed by atoms with Gasteiger partial charge in [0.15, 0.2) is 11.6 Å². The molecule has 0 aliphatic carbocycles. The number of pyridine rings is 1. The van der Waals surface area contributed by atoms with E-state index in [-0.39, 0.29) is 17.7 Å². The Hall–Kier alpha value is -3.41. The van der Waals surface area contributed by atoms with Gasteiger partial charge in [-0.25, -0.2) is 9.67 Å². The third-order valence-electron chi connectivity index (χ3n) is 6.63. The van der Waals surface area contributed by atoms with Gasteiger partial charge in [-0.1, -0.05) is 6.92 Å². The minimum absolute atomic E-state index is 0.0736. The number of ketones is 1. The van der Waals surface area contributed by atoms with Crippen LogP contribution in [-0.4, -0.2) is 69.8 Å². The molecule has 37 heavy (non-hydrogen) atoms. The van der Waals surface area contributed by atoms with E-state index in [0.717, 1.165) is 49.1 Å². The first-order chi connectivity index (χ1) is 17.7. The average Bonchev–Trinajstić information content (AvgIpc) is 3.18. The number of carboxylic acids is 1. The predicted molar refractivity (Wildman–Crippen MR) is 145 cm³/mol. The van der Waals surface area contributed by atoms with E-state index in [1.807, 2.05) is 37.9 Å². The van der Waals surface area contributed by atoms with Crippen LogP contribution in [0.5, 0.6) is 5.88 Å². The zero-order valence-corrected chi connectivity index (χ0v) is 22.5. The molecule has 2 aliphatic heterocycles. The van der Waals surface area contributed by atoms with Crippen molar-refractivity contribution in [2.45, 2.75) is 32.6 Å². The number of nitrogens with two attached hydrogens (primary N) is 1. The molecule has 2 unspecified atom stereocenters. The van der Waals surface area contributed by atoms with E-state index in [9.17, 15) is 14.7 Å². The van der Waals surface area contributed by atoms with Crippen molar-refractivity contribution >= 4 is 41.0 Å². The van der Waals surface area contributed by atoms with Gasteiger partial charge in [0, 0.05) is 51.4 Å². The highest BCUT2D eigenvalue weighted by molar-refractivity contribution is 8.02. The molecule has 4 rings (SSSR count). The van der Waals surface area contributed by atoms with Crippen LogP contribution in [0.4, 0.5) is 17.5 Å². The first-order valence-electron chi connectivity index (χ1n) is 12.5. The minimum atomic E-state index is -1.12. The number of nitrogens with zero attached hydrogens (tertiary/aromatic N) is 5. The number of carboxylic acid groups (broad SMARTS) is 1. The van der Waals surface area contributed by atoms with E-state index >= 15 is 0 Å². The topological polar surface area (TPSA) is 139 Å². The Kier molecular flexibility index (Phi) is 8.16. The maximum atomic E-state index is 13.1. The number of anilines is 3. The summed E-state index contributed by atoms with van der Waals surface area (Å²) in [5.74, 6) is 0.648. The molecule has 2 aliphatic rings. The molecule has 12 heteroatoms. The van der Waals surface area contributed by atoms with Crippen molar-refractivity contribution in [1.29, 1.82) is 0 Å². The van der Waals surface area contributed by atoms with Crippen LogP contribution in [0.3, 0.4) is 0 Å². The zero-order valence-electron chi connectivity index (χ0n) is 21.7. The molecule has 0 saturated carbocycles. The molecule has 11 nitrogen and oxygen atoms in total. The molecular formula is C25H35N7O4S. The van der Waals surface area contributed by atoms with E-state index in [2.05, 4.69) is 22.2 Å². The fourth-order valence-electron chi connectivity index (χ4n) is 4.61. The van der Waals surface area contributed by atoms with Gasteiger partial charge in [-0.2, -0.15) is 5.10 Å². The van der Waals surface area contributed by atoms with Gasteiger partial charge < -0.3 is 30.7 Å². The predicted octanol–water partition coefficient (Wildman–Crippen LogP) is 2.67. The van der Waals surface area contributed by atoms with Gasteiger partial charge in [0.1, 0.15) is 17.6 Å². The first kappa shape index (κ1) is 26.6. The van der Waals surface area contributed by atoms with Crippen molar-refractivity contribution in [3.63, 3.8) is 0 Å². The maximum absolute atomic E-state index is 13.1. The second-order valence-electron chi connectivity index (χ2n) is 9.46. The normalized spacial score (nSPS) is 18.6. The number of nitrogens with one attached hydrogen (secondary N) is 1. The average molecular weight is 530 g/mol. The van der Waals surface area contributed by atoms with E-state index in [1.165, 1.54) is 18.0 Å². The van der Waals surface area contributed by atoms with Crippen LogP contribution in [0.15, 0.2) is 23.7 Å². The second-order valence-corrected chi connectivity index (χ2v) is 10.7. The van der Waals surface area contributed by atoms with Gasteiger partial charge >= 0.3 is 5.97 Å². The highest BCUT2D eigenvalue weighted by Gasteiger charge is 2.41. The number of aromatic nitrogens is 3. The summed E-state index contributed by atoms with van der Waals surface area (Å²) in [6.07, 6.45) is 2.38. The van der Waals surface area contributed by atoms with Gasteiger partial charge in [-0.3, -0.25) is 9.59 Å². The molecule has 200 valence electrons. The second kappa shape index (κ2) is 11.3. The molecule has 0 radical (unpaired) electrons. The van der Waals surface area contributed by atoms with E-state index in [1.54, 1.807) is 10.1 Å². The van der Waals surface area contributed by atoms with Crippen LogP contribution in [0, 0.1) is 18.8 Å². The summed E-state index contributed by atoms with van der Waals surface area (Å²) in [5.41, 5.74) is 6.64. The summed E-state index contributed by atoms with van der Waals surface area (Å²) in [6.45, 7) is 9.00. The molecular weight excluding hydrogens is 494 g/mol. The quantitative estimate of drug-likeness (QED) is 0.370. The Morgan fingerprint density at radius 2 is 2.14 bits per heavy atom. The summed E-state index contributed by atoms with van der Waals surface area (Å²) in [7, 11) is 1.86. The minimum Gasteiger partial charge on any atom is -0.481 e. The fourth-order valence-corrected chi connectivity index (χ4v) is 5.26. The van der Waals surface area contributed by atoms with Crippen molar-refractivity contribution in [1.82, 2.24) is 14.8 Å². The van der Waals surface area contributed by atoms with Gasteiger partial charge in [0.05, 0.1) is 17.5 Å². The number of carbonyl (C=O) groups is 2. The standard InChI is InChI=1S/C25H35N7O4S/c1-5-7-36-21-10-19(29-30(21)4)27-11-17-12-31(13-17)20-9-15(2)22-23(33)18(25(34)35)14-32(24(22)28-20)16(3)37-8-6-26/h6,8-10,16-18H,5,7,11-14,26H2,1-4H3,(H,27,29)(H,34,35)/b8-6-. The summed E-state index contributed by atoms with van der Waals surface area (Å²) < 4.78 is 7.42. The molecule has 0 spiro atoms. The molecule has 4 N–H and O–H groups in total. The van der Waals surface area contributed by atoms with Crippen LogP contribution in [0.1, 0.15) is 36.2 Å². The van der Waals surface area contributed by atoms with E-state index < -0.39 is 11.9 Å². The number of hydrogen-bond donors (Lipinski definition) is 3. The van der Waals surface area contributed by atoms with Crippen LogP contribution >= 0.6 is 11.8 Å². The Morgan fingerprint density at radius 3 is 2.81 bits per heavy atom. The Balaban J connectivity index is 1.46. The summed E-state index contributed by atoms with van der Waals surface area (Å²) in [5, 5.41) is 19.1. The first-order valence-corrected chi connectivity index (χ1v) is 13.4. The van der Waals surface area contributed by atoms with Crippen molar-refractivity contribution < 1.29 is 19.4 Å². The molecule has 2 atom stereocenters. The van der Waals surface area contributed by atoms with Crippen molar-refractivity contribution in [3.05, 3.63) is 34.9 Å². The highest BCUT2D eigenvalue weighted by Crippen LogP contribution is 2.37. The number of hydrogen-bond acceptors (Lipinski definition) is 10. The maximum Gasteiger partial charge on any atom is 0.316 e. The number of fused-ring (bicyclic) bond motifs is 1. The van der Waals surface area contributed by atoms with Gasteiger partial charge in [-0.05, 0) is 37.3 Å². The number of ether oxygens (including phenoxy) is 1. The van der Waals surface area contributed by atoms with Crippen LogP contribution in [-0.2, 0) is 11.8 Å². The smallest absolute Gasteiger partial charge is 0.316 e. The number of aliphatic carboxylic acids is 1. The van der Waals surface area contributed by atoms with Crippen molar-refractivity contribution in [2.75, 3.05) is 47.9 Å². The third kappa shape index (κ3) is 5.63. The largest absolute Gasteiger partial charge is 0.481 e. The SMILES string of the molecule is CCCOc1cc(NCC2CN(c3cc(C)c4c(n3)N(C(C)S/C=C\N)CC(C(=O)O)C4=O)C2)nn1C. The number of aryl methyl sites for hydroxylation is 2. The van der Waals surface area contributed by atoms with Gasteiger partial charge in [-0.15, -0.1) is 11.8 Å². The fraction of sp³-hybridized carbons (Fsp3) is 0.520. The van der Waals surface area contributed by atoms with E-state index in [0.29, 0.717) is 23.9 Å². The van der Waals surface area contributed by atoms with Crippen LogP contribution in [0.25, 0.3) is 0 Å². The lowest BCUT2D eigenvalue weighted by molar-refractivity contribution is -0.139. The highest BCUT2D eigenvalue weighted by atomic mass is 32.2. The molecule has 2 aromatic heterocycles. The number of Topliss-reactive ketones (excluding diaryl/α,β-unsaturated/α-hetero) is 1. The summed E-state index contributed by atoms with van der Waals surface area (Å²) >= 11 is 1.45. The molecule has 0 amide bonds. The molecule has 0 aromatic carbocycles. The Morgan fingerprint density at radius 1 is 1.38 bits per heavy atom. The Labute approximate surface area is 221 Å². The van der Waals surface area contributed by atoms with Crippen molar-refractivity contribution in [3.8, 4) is 5.88 Å². The molecule has 2 aromatic rings. The lowest BCUT2D eigenvalue weighted by Gasteiger charge is -2.42. The third-order valence-corrected chi connectivity index (χ3v) is 7.60. The number of rotatable bonds is 11. The number of thioether (sulfide) groups is 1. The van der Waals surface area contributed by atoms with Crippen LogP contribution in [0.2, 0.25) is 0 Å². The van der Waals surface area contributed by atoms with E-state index in [4.69, 9.17) is 15.5 Å². The summed E-state index contributed by atoms with van der Waals surface area (Å²) in [4.78, 5) is 33.8.